The third kappa shape index (κ3) is 5.41. The summed E-state index contributed by atoms with van der Waals surface area (Å²) in [6.45, 7) is 0.223. The van der Waals surface area contributed by atoms with Crippen LogP contribution >= 0.6 is 0 Å². The van der Waals surface area contributed by atoms with Gasteiger partial charge in [-0.15, -0.1) is 0 Å². The highest BCUT2D eigenvalue weighted by atomic mass is 16.6. The normalized spacial score (nSPS) is 10.4. The van der Waals surface area contributed by atoms with Crippen LogP contribution in [-0.4, -0.2) is 30.7 Å². The fourth-order valence-electron chi connectivity index (χ4n) is 1.24. The number of carboxylic acids is 1. The summed E-state index contributed by atoms with van der Waals surface area (Å²) in [5.74, 6) is -0.601. The molecule has 0 aromatic heterocycles. The Morgan fingerprint density at radius 2 is 2.16 bits per heavy atom. The Bertz CT molecular complexity index is 491. The highest BCUT2D eigenvalue weighted by molar-refractivity contribution is 5.93. The number of nitrogens with zero attached hydrogens (tertiary/aromatic N) is 2. The molecule has 3 N–H and O–H groups in total. The summed E-state index contributed by atoms with van der Waals surface area (Å²) < 4.78 is 0. The first-order chi connectivity index (χ1) is 9.15. The molecule has 1 aromatic rings. The second-order valence-corrected chi connectivity index (χ2v) is 3.51. The van der Waals surface area contributed by atoms with E-state index in [-0.39, 0.29) is 13.0 Å². The Kier molecular flexibility index (Phi) is 5.69. The van der Waals surface area contributed by atoms with Gasteiger partial charge in [0.15, 0.2) is 0 Å². The molecule has 0 bridgehead atoms. The van der Waals surface area contributed by atoms with Gasteiger partial charge in [-0.3, -0.25) is 4.79 Å². The average Bonchev–Trinajstić information content (AvgIpc) is 2.39. The van der Waals surface area contributed by atoms with Crippen molar-refractivity contribution < 1.29 is 14.7 Å². The predicted octanol–water partition coefficient (Wildman–Crippen LogP) is 0.952. The maximum atomic E-state index is 10.4. The van der Waals surface area contributed by atoms with Gasteiger partial charge in [0.1, 0.15) is 7.11 Å². The molecule has 0 atom stereocenters. The molecule has 1 aromatic carbocycles. The molecule has 0 saturated heterocycles. The Labute approximate surface area is 110 Å². The second kappa shape index (κ2) is 7.55. The minimum absolute atomic E-state index is 0.0300. The second-order valence-electron chi connectivity index (χ2n) is 3.51. The van der Waals surface area contributed by atoms with Gasteiger partial charge in [-0.2, -0.15) is 5.26 Å². The van der Waals surface area contributed by atoms with Gasteiger partial charge in [-0.25, -0.2) is 0 Å². The number of oxime groups is 1. The first kappa shape index (κ1) is 14.3. The van der Waals surface area contributed by atoms with Gasteiger partial charge in [-0.1, -0.05) is 0 Å². The SMILES string of the molecule is CON=C(NCCC(=O)O)Nc1ccc(C#N)cc1. The molecule has 0 aliphatic rings. The van der Waals surface area contributed by atoms with Crippen molar-refractivity contribution in [3.63, 3.8) is 0 Å². The number of rotatable bonds is 5. The molecule has 100 valence electrons. The van der Waals surface area contributed by atoms with Gasteiger partial charge in [0.25, 0.3) is 0 Å². The Morgan fingerprint density at radius 3 is 2.68 bits per heavy atom. The molecule has 0 heterocycles. The van der Waals surface area contributed by atoms with Gasteiger partial charge in [-0.05, 0) is 29.4 Å². The first-order valence-electron chi connectivity index (χ1n) is 5.49. The number of anilines is 1. The van der Waals surface area contributed by atoms with Crippen LogP contribution in [0.3, 0.4) is 0 Å². The van der Waals surface area contributed by atoms with E-state index < -0.39 is 5.97 Å². The van der Waals surface area contributed by atoms with Crippen LogP contribution in [-0.2, 0) is 9.63 Å². The molecule has 0 aliphatic carbocycles. The Balaban J connectivity index is 2.60. The molecule has 0 spiro atoms. The monoisotopic (exact) mass is 262 g/mol. The van der Waals surface area contributed by atoms with E-state index in [9.17, 15) is 4.79 Å². The smallest absolute Gasteiger partial charge is 0.305 e. The molecule has 0 fully saturated rings. The van der Waals surface area contributed by atoms with E-state index in [4.69, 9.17) is 10.4 Å². The van der Waals surface area contributed by atoms with Gasteiger partial charge < -0.3 is 20.6 Å². The standard InChI is InChI=1S/C12H14N4O3/c1-19-16-12(14-7-6-11(17)18)15-10-4-2-9(8-13)3-5-10/h2-5H,6-7H2,1H3,(H,17,18)(H2,14,15,16). The van der Waals surface area contributed by atoms with E-state index in [1.54, 1.807) is 24.3 Å². The van der Waals surface area contributed by atoms with Crippen molar-refractivity contribution in [3.05, 3.63) is 29.8 Å². The van der Waals surface area contributed by atoms with E-state index in [0.717, 1.165) is 0 Å². The van der Waals surface area contributed by atoms with Crippen LogP contribution in [0.15, 0.2) is 29.4 Å². The van der Waals surface area contributed by atoms with Crippen LogP contribution in [0.25, 0.3) is 0 Å². The van der Waals surface area contributed by atoms with Crippen molar-refractivity contribution >= 4 is 17.6 Å². The lowest BCUT2D eigenvalue weighted by Crippen LogP contribution is -2.32. The fourth-order valence-corrected chi connectivity index (χ4v) is 1.24. The van der Waals surface area contributed by atoms with E-state index in [1.807, 2.05) is 6.07 Å². The average molecular weight is 262 g/mol. The third-order valence-corrected chi connectivity index (χ3v) is 2.09. The van der Waals surface area contributed by atoms with Crippen LogP contribution in [0.4, 0.5) is 5.69 Å². The maximum absolute atomic E-state index is 10.4. The number of nitriles is 1. The molecule has 7 heteroatoms. The maximum Gasteiger partial charge on any atom is 0.305 e. The number of carboxylic acid groups (broad SMARTS) is 1. The molecule has 0 unspecified atom stereocenters. The van der Waals surface area contributed by atoms with Crippen molar-refractivity contribution in [1.29, 1.82) is 5.26 Å². The molecule has 1 rings (SSSR count). The van der Waals surface area contributed by atoms with Gasteiger partial charge in [0, 0.05) is 12.2 Å². The number of aliphatic carboxylic acids is 1. The van der Waals surface area contributed by atoms with Crippen LogP contribution in [0.1, 0.15) is 12.0 Å². The Morgan fingerprint density at radius 1 is 1.47 bits per heavy atom. The van der Waals surface area contributed by atoms with E-state index >= 15 is 0 Å². The summed E-state index contributed by atoms with van der Waals surface area (Å²) in [6, 6.07) is 8.75. The largest absolute Gasteiger partial charge is 0.481 e. The number of benzene rings is 1. The lowest BCUT2D eigenvalue weighted by molar-refractivity contribution is -0.136. The van der Waals surface area contributed by atoms with Gasteiger partial charge >= 0.3 is 5.97 Å². The van der Waals surface area contributed by atoms with Gasteiger partial charge in [0.2, 0.25) is 5.96 Å². The van der Waals surface area contributed by atoms with Crippen LogP contribution in [0, 0.1) is 11.3 Å². The minimum Gasteiger partial charge on any atom is -0.481 e. The van der Waals surface area contributed by atoms with Gasteiger partial charge in [0.05, 0.1) is 18.1 Å². The molecule has 0 amide bonds. The zero-order chi connectivity index (χ0) is 14.1. The third-order valence-electron chi connectivity index (χ3n) is 2.09. The summed E-state index contributed by atoms with van der Waals surface area (Å²) in [5.41, 5.74) is 1.26. The summed E-state index contributed by atoms with van der Waals surface area (Å²) in [5, 5.41) is 26.6. The molecule has 0 aliphatic heterocycles. The topological polar surface area (TPSA) is 107 Å². The number of hydrogen-bond donors (Lipinski definition) is 3. The zero-order valence-corrected chi connectivity index (χ0v) is 10.4. The highest BCUT2D eigenvalue weighted by Gasteiger charge is 2.02. The quantitative estimate of drug-likeness (QED) is 0.414. The zero-order valence-electron chi connectivity index (χ0n) is 10.4. The van der Waals surface area contributed by atoms with E-state index in [2.05, 4.69) is 20.6 Å². The molecule has 0 radical (unpaired) electrons. The molecule has 19 heavy (non-hydrogen) atoms. The highest BCUT2D eigenvalue weighted by Crippen LogP contribution is 2.08. The summed E-state index contributed by atoms with van der Waals surface area (Å²) in [4.78, 5) is 15.0. The van der Waals surface area contributed by atoms with Crippen molar-refractivity contribution in [1.82, 2.24) is 5.32 Å². The minimum atomic E-state index is -0.900. The van der Waals surface area contributed by atoms with Crippen LogP contribution in [0.5, 0.6) is 0 Å². The van der Waals surface area contributed by atoms with Crippen molar-refractivity contribution in [2.24, 2.45) is 5.16 Å². The molecular formula is C12H14N4O3. The number of hydrogen-bond acceptors (Lipinski definition) is 4. The summed E-state index contributed by atoms with van der Waals surface area (Å²) in [6.07, 6.45) is -0.0300. The summed E-state index contributed by atoms with van der Waals surface area (Å²) in [7, 11) is 1.39. The molecule has 7 nitrogen and oxygen atoms in total. The lowest BCUT2D eigenvalue weighted by Gasteiger charge is -2.10. The van der Waals surface area contributed by atoms with Crippen molar-refractivity contribution in [3.8, 4) is 6.07 Å². The number of nitrogens with one attached hydrogen (secondary N) is 2. The molecular weight excluding hydrogens is 248 g/mol. The van der Waals surface area contributed by atoms with Crippen LogP contribution < -0.4 is 10.6 Å². The Hall–Kier alpha value is -2.75. The van der Waals surface area contributed by atoms with E-state index in [0.29, 0.717) is 17.2 Å². The summed E-state index contributed by atoms with van der Waals surface area (Å²) >= 11 is 0. The van der Waals surface area contributed by atoms with Crippen molar-refractivity contribution in [2.45, 2.75) is 6.42 Å². The predicted molar refractivity (Wildman–Crippen MR) is 69.5 cm³/mol. The van der Waals surface area contributed by atoms with Crippen LogP contribution in [0.2, 0.25) is 0 Å². The van der Waals surface area contributed by atoms with E-state index in [1.165, 1.54) is 7.11 Å². The number of guanidine groups is 1. The van der Waals surface area contributed by atoms with Crippen molar-refractivity contribution in [2.75, 3.05) is 19.0 Å². The lowest BCUT2D eigenvalue weighted by atomic mass is 10.2. The first-order valence-corrected chi connectivity index (χ1v) is 5.49. The molecule has 0 saturated carbocycles. The fraction of sp³-hybridized carbons (Fsp3) is 0.250. The number of carbonyl (C=O) groups is 1.